The maximum Gasteiger partial charge on any atom is 0.356 e. The van der Waals surface area contributed by atoms with E-state index in [1.165, 1.54) is 16.8 Å². The number of sulfone groups is 1. The molecule has 0 radical (unpaired) electrons. The summed E-state index contributed by atoms with van der Waals surface area (Å²) in [5.74, 6) is -1.09. The minimum Gasteiger partial charge on any atom is -0.476 e. The molecule has 1 aromatic heterocycles. The SMILES string of the molecule is CS(=O)(=O)c1cccc(-n2nc(C(=O)O)c3c2CCNC3)c1. The first-order chi connectivity index (χ1) is 10.4. The van der Waals surface area contributed by atoms with Crippen LogP contribution in [-0.4, -0.2) is 42.1 Å². The Labute approximate surface area is 127 Å². The van der Waals surface area contributed by atoms with E-state index < -0.39 is 15.8 Å². The highest BCUT2D eigenvalue weighted by Gasteiger charge is 2.25. The highest BCUT2D eigenvalue weighted by atomic mass is 32.2. The molecule has 1 aromatic carbocycles. The van der Waals surface area contributed by atoms with E-state index in [0.717, 1.165) is 18.5 Å². The molecule has 7 nitrogen and oxygen atoms in total. The first-order valence-corrected chi connectivity index (χ1v) is 8.62. The summed E-state index contributed by atoms with van der Waals surface area (Å²) in [7, 11) is -3.33. The van der Waals surface area contributed by atoms with Crippen LogP contribution in [0.1, 0.15) is 21.7 Å². The molecule has 2 N–H and O–H groups in total. The zero-order valence-corrected chi connectivity index (χ0v) is 12.7. The highest BCUT2D eigenvalue weighted by molar-refractivity contribution is 7.90. The monoisotopic (exact) mass is 321 g/mol. The molecule has 0 spiro atoms. The predicted octanol–water partition coefficient (Wildman–Crippen LogP) is 0.620. The van der Waals surface area contributed by atoms with Crippen LogP contribution in [0.25, 0.3) is 5.69 Å². The lowest BCUT2D eigenvalue weighted by molar-refractivity contribution is 0.0688. The number of hydrogen-bond donors (Lipinski definition) is 2. The van der Waals surface area contributed by atoms with E-state index >= 15 is 0 Å². The van der Waals surface area contributed by atoms with Gasteiger partial charge < -0.3 is 10.4 Å². The molecule has 3 rings (SSSR count). The van der Waals surface area contributed by atoms with Crippen LogP contribution in [0.5, 0.6) is 0 Å². The average Bonchev–Trinajstić information content (AvgIpc) is 2.86. The molecule has 0 bridgehead atoms. The Balaban J connectivity index is 2.19. The van der Waals surface area contributed by atoms with E-state index in [2.05, 4.69) is 10.4 Å². The van der Waals surface area contributed by atoms with Gasteiger partial charge in [0.05, 0.1) is 16.3 Å². The van der Waals surface area contributed by atoms with Gasteiger partial charge in [-0.05, 0) is 18.2 Å². The largest absolute Gasteiger partial charge is 0.476 e. The minimum absolute atomic E-state index is 0.00644. The van der Waals surface area contributed by atoms with Gasteiger partial charge in [-0.25, -0.2) is 17.9 Å². The average molecular weight is 321 g/mol. The zero-order chi connectivity index (χ0) is 15.9. The molecular formula is C14H15N3O4S. The van der Waals surface area contributed by atoms with Gasteiger partial charge in [-0.1, -0.05) is 6.07 Å². The number of carbonyl (C=O) groups is 1. The summed E-state index contributed by atoms with van der Waals surface area (Å²) in [6.07, 6.45) is 1.77. The maximum absolute atomic E-state index is 11.7. The van der Waals surface area contributed by atoms with Gasteiger partial charge in [0.2, 0.25) is 0 Å². The van der Waals surface area contributed by atoms with Gasteiger partial charge in [-0.3, -0.25) is 0 Å². The topological polar surface area (TPSA) is 101 Å². The van der Waals surface area contributed by atoms with Gasteiger partial charge in [0.1, 0.15) is 0 Å². The van der Waals surface area contributed by atoms with Crippen LogP contribution in [0.15, 0.2) is 29.2 Å². The summed E-state index contributed by atoms with van der Waals surface area (Å²) in [6, 6.07) is 6.36. The third-order valence-electron chi connectivity index (χ3n) is 3.62. The Morgan fingerprint density at radius 3 is 2.86 bits per heavy atom. The minimum atomic E-state index is -3.33. The van der Waals surface area contributed by atoms with E-state index in [9.17, 15) is 18.3 Å². The fourth-order valence-electron chi connectivity index (χ4n) is 2.58. The Hall–Kier alpha value is -2.19. The zero-order valence-electron chi connectivity index (χ0n) is 11.9. The van der Waals surface area contributed by atoms with Gasteiger partial charge in [0, 0.05) is 31.3 Å². The lowest BCUT2D eigenvalue weighted by atomic mass is 10.1. The van der Waals surface area contributed by atoms with Crippen molar-refractivity contribution in [3.8, 4) is 5.69 Å². The molecule has 0 atom stereocenters. The normalized spacial score (nSPS) is 14.6. The number of hydrogen-bond acceptors (Lipinski definition) is 5. The Kier molecular flexibility index (Phi) is 3.50. The number of fused-ring (bicyclic) bond motifs is 1. The molecular weight excluding hydrogens is 306 g/mol. The second-order valence-corrected chi connectivity index (χ2v) is 7.20. The molecule has 2 heterocycles. The van der Waals surface area contributed by atoms with Crippen molar-refractivity contribution in [1.82, 2.24) is 15.1 Å². The number of aromatic nitrogens is 2. The van der Waals surface area contributed by atoms with Crippen molar-refractivity contribution in [2.24, 2.45) is 0 Å². The summed E-state index contributed by atoms with van der Waals surface area (Å²) < 4.78 is 24.9. The summed E-state index contributed by atoms with van der Waals surface area (Å²) in [4.78, 5) is 11.5. The number of carboxylic acids is 1. The first kappa shape index (κ1) is 14.7. The van der Waals surface area contributed by atoms with Crippen LogP contribution < -0.4 is 5.32 Å². The van der Waals surface area contributed by atoms with E-state index in [4.69, 9.17) is 0 Å². The molecule has 116 valence electrons. The molecule has 2 aromatic rings. The Morgan fingerprint density at radius 2 is 2.18 bits per heavy atom. The van der Waals surface area contributed by atoms with Gasteiger partial charge in [-0.15, -0.1) is 0 Å². The second kappa shape index (κ2) is 5.22. The predicted molar refractivity (Wildman–Crippen MR) is 79.0 cm³/mol. The van der Waals surface area contributed by atoms with Crippen LogP contribution >= 0.6 is 0 Å². The lowest BCUT2D eigenvalue weighted by Gasteiger charge is -2.15. The highest BCUT2D eigenvalue weighted by Crippen LogP contribution is 2.23. The van der Waals surface area contributed by atoms with E-state index in [1.54, 1.807) is 12.1 Å². The molecule has 0 saturated carbocycles. The Morgan fingerprint density at radius 1 is 1.41 bits per heavy atom. The van der Waals surface area contributed by atoms with Gasteiger partial charge >= 0.3 is 5.97 Å². The van der Waals surface area contributed by atoms with Gasteiger partial charge in [-0.2, -0.15) is 5.10 Å². The molecule has 8 heteroatoms. The number of nitrogens with one attached hydrogen (secondary N) is 1. The third kappa shape index (κ3) is 2.51. The van der Waals surface area contributed by atoms with Crippen molar-refractivity contribution in [2.45, 2.75) is 17.9 Å². The molecule has 0 saturated heterocycles. The van der Waals surface area contributed by atoms with Crippen LogP contribution in [0.4, 0.5) is 0 Å². The van der Waals surface area contributed by atoms with Crippen LogP contribution in [-0.2, 0) is 22.8 Å². The quantitative estimate of drug-likeness (QED) is 0.859. The summed E-state index contributed by atoms with van der Waals surface area (Å²) in [5, 5.41) is 16.6. The van der Waals surface area contributed by atoms with Crippen molar-refractivity contribution < 1.29 is 18.3 Å². The number of nitrogens with zero attached hydrogens (tertiary/aromatic N) is 2. The number of benzene rings is 1. The van der Waals surface area contributed by atoms with E-state index in [0.29, 0.717) is 24.2 Å². The molecule has 0 aliphatic carbocycles. The fourth-order valence-corrected chi connectivity index (χ4v) is 3.24. The van der Waals surface area contributed by atoms with Crippen molar-refractivity contribution in [3.05, 3.63) is 41.2 Å². The fraction of sp³-hybridized carbons (Fsp3) is 0.286. The second-order valence-electron chi connectivity index (χ2n) is 5.19. The summed E-state index contributed by atoms with van der Waals surface area (Å²) in [6.45, 7) is 1.17. The summed E-state index contributed by atoms with van der Waals surface area (Å²) >= 11 is 0. The van der Waals surface area contributed by atoms with Crippen molar-refractivity contribution in [2.75, 3.05) is 12.8 Å². The van der Waals surface area contributed by atoms with Crippen molar-refractivity contribution in [3.63, 3.8) is 0 Å². The molecule has 0 amide bonds. The molecule has 1 aliphatic rings. The van der Waals surface area contributed by atoms with Crippen molar-refractivity contribution >= 4 is 15.8 Å². The molecule has 0 unspecified atom stereocenters. The van der Waals surface area contributed by atoms with E-state index in [-0.39, 0.29) is 10.6 Å². The Bertz CT molecular complexity index is 855. The summed E-state index contributed by atoms with van der Waals surface area (Å²) in [5.41, 5.74) is 2.02. The van der Waals surface area contributed by atoms with Crippen molar-refractivity contribution in [1.29, 1.82) is 0 Å². The standard InChI is InChI=1S/C14H15N3O4S/c1-22(20,21)10-4-2-3-9(7-10)17-12-5-6-15-8-11(12)13(16-17)14(18)19/h2-4,7,15H,5-6,8H2,1H3,(H,18,19). The van der Waals surface area contributed by atoms with Crippen LogP contribution in [0.3, 0.4) is 0 Å². The molecule has 0 fully saturated rings. The molecule has 22 heavy (non-hydrogen) atoms. The lowest BCUT2D eigenvalue weighted by Crippen LogP contribution is -2.25. The molecule has 1 aliphatic heterocycles. The van der Waals surface area contributed by atoms with Crippen LogP contribution in [0.2, 0.25) is 0 Å². The van der Waals surface area contributed by atoms with Crippen LogP contribution in [0, 0.1) is 0 Å². The smallest absolute Gasteiger partial charge is 0.356 e. The first-order valence-electron chi connectivity index (χ1n) is 6.73. The number of carboxylic acid groups (broad SMARTS) is 1. The van der Waals surface area contributed by atoms with E-state index in [1.807, 2.05) is 0 Å². The van der Waals surface area contributed by atoms with Gasteiger partial charge in [0.15, 0.2) is 15.5 Å². The number of rotatable bonds is 3. The van der Waals surface area contributed by atoms with Gasteiger partial charge in [0.25, 0.3) is 0 Å². The third-order valence-corrected chi connectivity index (χ3v) is 4.73. The maximum atomic E-state index is 11.7. The number of aromatic carboxylic acids is 1.